The van der Waals surface area contributed by atoms with E-state index in [0.717, 1.165) is 19.3 Å². The van der Waals surface area contributed by atoms with Gasteiger partial charge in [-0.1, -0.05) is 39.0 Å². The maximum atomic E-state index is 11.9. The van der Waals surface area contributed by atoms with Crippen LogP contribution in [0.2, 0.25) is 0 Å². The Bertz CT molecular complexity index is 412. The number of unbranched alkanes of at least 4 members (excludes halogenated alkanes) is 6. The Labute approximate surface area is 145 Å². The van der Waals surface area contributed by atoms with Crippen LogP contribution in [-0.4, -0.2) is 55.3 Å². The van der Waals surface area contributed by atoms with Gasteiger partial charge in [0.05, 0.1) is 21.1 Å². The second-order valence-corrected chi connectivity index (χ2v) is 7.22. The maximum absolute atomic E-state index is 11.9. The molecule has 0 rings (SSSR count). The molecule has 0 aromatic rings. The van der Waals surface area contributed by atoms with E-state index >= 15 is 0 Å². The van der Waals surface area contributed by atoms with Gasteiger partial charge in [0.2, 0.25) is 0 Å². The molecule has 0 radical (unpaired) electrons. The van der Waals surface area contributed by atoms with E-state index in [4.69, 9.17) is 4.74 Å². The van der Waals surface area contributed by atoms with E-state index in [1.165, 1.54) is 25.3 Å². The fraction of sp³-hybridized carbons (Fsp3) is 0.778. The summed E-state index contributed by atoms with van der Waals surface area (Å²) < 4.78 is 5.55. The number of aliphatic carboxylic acids is 1. The first kappa shape index (κ1) is 22.4. The molecule has 1 unspecified atom stereocenters. The second-order valence-electron chi connectivity index (χ2n) is 7.22. The molecule has 0 bridgehead atoms. The molecule has 6 nitrogen and oxygen atoms in total. The topological polar surface area (TPSA) is 86.7 Å². The molecule has 0 aliphatic rings. The molecule has 140 valence electrons. The van der Waals surface area contributed by atoms with Crippen molar-refractivity contribution in [2.45, 2.75) is 64.4 Å². The standard InChI is InChI=1S/C18H33NO5/c1-5-6-7-8-9-10-11-12-16(20)18(23)24-15(13-17(21)22)14-19(2,3)4/h12,15H,5-11,13-14H2,1-4H3,(H-,20,21,22)/b16-12-. The molecule has 1 N–H and O–H groups in total. The zero-order chi connectivity index (χ0) is 18.6. The van der Waals surface area contributed by atoms with Gasteiger partial charge >= 0.3 is 5.97 Å². The van der Waals surface area contributed by atoms with Gasteiger partial charge in [-0.25, -0.2) is 4.79 Å². The number of esters is 1. The molecule has 0 aliphatic heterocycles. The Morgan fingerprint density at radius 2 is 1.71 bits per heavy atom. The van der Waals surface area contributed by atoms with Crippen LogP contribution in [0.25, 0.3) is 0 Å². The van der Waals surface area contributed by atoms with Crippen LogP contribution < -0.4 is 5.11 Å². The number of rotatable bonds is 13. The van der Waals surface area contributed by atoms with Crippen LogP contribution >= 0.6 is 0 Å². The second kappa shape index (κ2) is 11.9. The number of likely N-dealkylation sites (N-methyl/N-ethyl adjacent to an activating group) is 1. The number of hydrogen-bond acceptors (Lipinski definition) is 5. The average Bonchev–Trinajstić information content (AvgIpc) is 2.43. The molecule has 0 aromatic heterocycles. The van der Waals surface area contributed by atoms with E-state index < -0.39 is 23.8 Å². The first-order chi connectivity index (χ1) is 11.2. The van der Waals surface area contributed by atoms with Gasteiger partial charge in [0.25, 0.3) is 0 Å². The summed E-state index contributed by atoms with van der Waals surface area (Å²) >= 11 is 0. The number of aliphatic hydroxyl groups is 1. The van der Waals surface area contributed by atoms with E-state index in [2.05, 4.69) is 6.92 Å². The van der Waals surface area contributed by atoms with E-state index in [-0.39, 0.29) is 6.42 Å². The van der Waals surface area contributed by atoms with E-state index in [1.807, 2.05) is 21.1 Å². The molecule has 0 amide bonds. The van der Waals surface area contributed by atoms with Crippen molar-refractivity contribution >= 4 is 11.9 Å². The normalized spacial score (nSPS) is 13.6. The van der Waals surface area contributed by atoms with Gasteiger partial charge in [-0.3, -0.25) is 0 Å². The number of carboxylic acid groups (broad SMARTS) is 1. The maximum Gasteiger partial charge on any atom is 0.373 e. The summed E-state index contributed by atoms with van der Waals surface area (Å²) in [6.07, 6.45) is 7.62. The minimum Gasteiger partial charge on any atom is -0.550 e. The van der Waals surface area contributed by atoms with Crippen LogP contribution in [0.5, 0.6) is 0 Å². The first-order valence-electron chi connectivity index (χ1n) is 8.76. The lowest BCUT2D eigenvalue weighted by Crippen LogP contribution is -2.45. The molecule has 0 aromatic carbocycles. The summed E-state index contributed by atoms with van der Waals surface area (Å²) in [5, 5.41) is 20.5. The summed E-state index contributed by atoms with van der Waals surface area (Å²) in [6, 6.07) is 0. The summed E-state index contributed by atoms with van der Waals surface area (Å²) in [5.41, 5.74) is 0. The van der Waals surface area contributed by atoms with Crippen molar-refractivity contribution < 1.29 is 29.0 Å². The highest BCUT2D eigenvalue weighted by Crippen LogP contribution is 2.10. The van der Waals surface area contributed by atoms with Crippen LogP contribution in [0.15, 0.2) is 11.8 Å². The smallest absolute Gasteiger partial charge is 0.373 e. The highest BCUT2D eigenvalue weighted by atomic mass is 16.6. The van der Waals surface area contributed by atoms with Crippen LogP contribution in [0.1, 0.15) is 58.3 Å². The third-order valence-corrected chi connectivity index (χ3v) is 3.52. The van der Waals surface area contributed by atoms with Gasteiger partial charge in [-0.15, -0.1) is 0 Å². The lowest BCUT2D eigenvalue weighted by molar-refractivity contribution is -0.873. The van der Waals surface area contributed by atoms with Crippen molar-refractivity contribution in [3.8, 4) is 0 Å². The summed E-state index contributed by atoms with van der Waals surface area (Å²) in [6.45, 7) is 2.49. The molecule has 0 saturated heterocycles. The van der Waals surface area contributed by atoms with Crippen LogP contribution in [-0.2, 0) is 14.3 Å². The molecule has 0 aliphatic carbocycles. The Balaban J connectivity index is 4.31. The predicted octanol–water partition coefficient (Wildman–Crippen LogP) is 1.94. The highest BCUT2D eigenvalue weighted by molar-refractivity contribution is 5.86. The number of carbonyl (C=O) groups excluding carboxylic acids is 2. The van der Waals surface area contributed by atoms with Crippen molar-refractivity contribution in [3.63, 3.8) is 0 Å². The SMILES string of the molecule is CCCCCCCC/C=C(\O)C(=O)OC(CC(=O)[O-])C[N+](C)(C)C. The minimum absolute atomic E-state index is 0.324. The Morgan fingerprint density at radius 1 is 1.12 bits per heavy atom. The molecule has 24 heavy (non-hydrogen) atoms. The summed E-state index contributed by atoms with van der Waals surface area (Å²) in [5.74, 6) is -2.61. The number of nitrogens with zero attached hydrogens (tertiary/aromatic N) is 1. The molecular weight excluding hydrogens is 310 g/mol. The van der Waals surface area contributed by atoms with Crippen LogP contribution in [0, 0.1) is 0 Å². The van der Waals surface area contributed by atoms with Gasteiger partial charge in [0, 0.05) is 12.4 Å². The van der Waals surface area contributed by atoms with Crippen molar-refractivity contribution in [2.24, 2.45) is 0 Å². The Kier molecular flexibility index (Phi) is 11.1. The Morgan fingerprint density at radius 3 is 2.25 bits per heavy atom. The van der Waals surface area contributed by atoms with Gasteiger partial charge < -0.3 is 24.2 Å². The van der Waals surface area contributed by atoms with Crippen molar-refractivity contribution in [1.82, 2.24) is 0 Å². The molecule has 0 spiro atoms. The number of allylic oxidation sites excluding steroid dienone is 1. The van der Waals surface area contributed by atoms with Crippen LogP contribution in [0.4, 0.5) is 0 Å². The number of aliphatic hydroxyl groups excluding tert-OH is 1. The van der Waals surface area contributed by atoms with Crippen LogP contribution in [0.3, 0.4) is 0 Å². The van der Waals surface area contributed by atoms with Gasteiger partial charge in [0.1, 0.15) is 6.54 Å². The third kappa shape index (κ3) is 12.9. The quantitative estimate of drug-likeness (QED) is 0.182. The number of ether oxygens (including phenoxy) is 1. The summed E-state index contributed by atoms with van der Waals surface area (Å²) in [7, 11) is 5.60. The van der Waals surface area contributed by atoms with E-state index in [1.54, 1.807) is 0 Å². The van der Waals surface area contributed by atoms with Crippen molar-refractivity contribution in [1.29, 1.82) is 0 Å². The number of carbonyl (C=O) groups is 2. The monoisotopic (exact) mass is 343 g/mol. The molecule has 0 heterocycles. The Hall–Kier alpha value is -1.56. The molecular formula is C18H33NO5. The summed E-state index contributed by atoms with van der Waals surface area (Å²) in [4.78, 5) is 22.6. The molecule has 1 atom stereocenters. The van der Waals surface area contributed by atoms with E-state index in [9.17, 15) is 19.8 Å². The van der Waals surface area contributed by atoms with E-state index in [0.29, 0.717) is 17.4 Å². The van der Waals surface area contributed by atoms with Gasteiger partial charge in [0.15, 0.2) is 11.9 Å². The zero-order valence-electron chi connectivity index (χ0n) is 15.5. The largest absolute Gasteiger partial charge is 0.550 e. The highest BCUT2D eigenvalue weighted by Gasteiger charge is 2.23. The lowest BCUT2D eigenvalue weighted by Gasteiger charge is -2.29. The number of quaternary nitrogens is 1. The molecule has 0 saturated carbocycles. The minimum atomic E-state index is -1.28. The lowest BCUT2D eigenvalue weighted by atomic mass is 10.1. The fourth-order valence-corrected chi connectivity index (χ4v) is 2.40. The fourth-order valence-electron chi connectivity index (χ4n) is 2.40. The van der Waals surface area contributed by atoms with Crippen molar-refractivity contribution in [2.75, 3.05) is 27.7 Å². The third-order valence-electron chi connectivity index (χ3n) is 3.52. The first-order valence-corrected chi connectivity index (χ1v) is 8.76. The number of carboxylic acids is 1. The zero-order valence-corrected chi connectivity index (χ0v) is 15.5. The molecule has 0 fully saturated rings. The predicted molar refractivity (Wildman–Crippen MR) is 91.1 cm³/mol. The average molecular weight is 343 g/mol. The van der Waals surface area contributed by atoms with Crippen molar-refractivity contribution in [3.05, 3.63) is 11.8 Å². The number of hydrogen-bond donors (Lipinski definition) is 1. The van der Waals surface area contributed by atoms with Gasteiger partial charge in [-0.2, -0.15) is 0 Å². The molecule has 6 heteroatoms. The van der Waals surface area contributed by atoms with Gasteiger partial charge in [-0.05, 0) is 18.9 Å².